The van der Waals surface area contributed by atoms with Gasteiger partial charge in [0.25, 0.3) is 0 Å². The van der Waals surface area contributed by atoms with Crippen LogP contribution in [0.15, 0.2) is 12.1 Å². The summed E-state index contributed by atoms with van der Waals surface area (Å²) >= 11 is 5.76. The van der Waals surface area contributed by atoms with Gasteiger partial charge < -0.3 is 0 Å². The normalized spacial score (nSPS) is 10.2. The van der Waals surface area contributed by atoms with Crippen LogP contribution in [0.3, 0.4) is 0 Å². The summed E-state index contributed by atoms with van der Waals surface area (Å²) in [4.78, 5) is 0. The summed E-state index contributed by atoms with van der Waals surface area (Å²) in [5.74, 6) is 0. The zero-order valence-corrected chi connectivity index (χ0v) is 7.37. The van der Waals surface area contributed by atoms with Crippen LogP contribution in [0.1, 0.15) is 16.7 Å². The average Bonchev–Trinajstić information content (AvgIpc) is 1.97. The molecule has 1 rings (SSSR count). The van der Waals surface area contributed by atoms with Gasteiger partial charge in [0, 0.05) is 10.6 Å². The molecule has 0 nitrogen and oxygen atoms in total. The second kappa shape index (κ2) is 3.22. The van der Waals surface area contributed by atoms with Gasteiger partial charge in [-0.15, -0.1) is 0 Å². The highest BCUT2D eigenvalue weighted by Gasteiger charge is 2.01. The number of aryl methyl sites for hydroxylation is 2. The molecule has 0 heterocycles. The fraction of sp³-hybridized carbons (Fsp3) is 0.333. The second-order valence-corrected chi connectivity index (χ2v) is 3.07. The Morgan fingerprint density at radius 1 is 1.27 bits per heavy atom. The Hall–Kier alpha value is -0.560. The molecule has 11 heavy (non-hydrogen) atoms. The number of alkyl halides is 1. The maximum Gasteiger partial charge on any atom is 0.116 e. The van der Waals surface area contributed by atoms with Crippen LogP contribution in [0.5, 0.6) is 0 Å². The predicted molar refractivity (Wildman–Crippen MR) is 45.7 cm³/mol. The quantitative estimate of drug-likeness (QED) is 0.609. The van der Waals surface area contributed by atoms with Crippen molar-refractivity contribution in [3.63, 3.8) is 0 Å². The molecule has 0 aromatic heterocycles. The van der Waals surface area contributed by atoms with Crippen molar-refractivity contribution >= 4 is 11.6 Å². The predicted octanol–water partition coefficient (Wildman–Crippen LogP) is 3.43. The summed E-state index contributed by atoms with van der Waals surface area (Å²) in [6.07, 6.45) is 0. The summed E-state index contributed by atoms with van der Waals surface area (Å²) in [7, 11) is 0. The lowest BCUT2D eigenvalue weighted by atomic mass is 10.1. The van der Waals surface area contributed by atoms with Gasteiger partial charge in [-0.1, -0.05) is 17.7 Å². The average molecular weight is 173 g/mol. The molecule has 0 aliphatic carbocycles. The van der Waals surface area contributed by atoms with Crippen molar-refractivity contribution in [3.8, 4) is 0 Å². The van der Waals surface area contributed by atoms with Crippen molar-refractivity contribution in [3.05, 3.63) is 33.8 Å². The number of hydrogen-bond donors (Lipinski definition) is 0. The Morgan fingerprint density at radius 3 is 2.36 bits per heavy atom. The van der Waals surface area contributed by atoms with Crippen LogP contribution >= 0.6 is 11.6 Å². The minimum atomic E-state index is -0.486. The first-order chi connectivity index (χ1) is 5.15. The minimum Gasteiger partial charge on any atom is -0.246 e. The molecule has 1 aromatic carbocycles. The Balaban J connectivity index is 3.21. The van der Waals surface area contributed by atoms with Crippen LogP contribution in [0.2, 0.25) is 5.02 Å². The Bertz CT molecular complexity index is 269. The van der Waals surface area contributed by atoms with E-state index < -0.39 is 6.67 Å². The zero-order chi connectivity index (χ0) is 8.43. The van der Waals surface area contributed by atoms with Gasteiger partial charge in [-0.2, -0.15) is 0 Å². The first-order valence-electron chi connectivity index (χ1n) is 3.46. The van der Waals surface area contributed by atoms with E-state index in [1.54, 1.807) is 12.1 Å². The highest BCUT2D eigenvalue weighted by Crippen LogP contribution is 2.21. The molecule has 0 aliphatic rings. The van der Waals surface area contributed by atoms with E-state index >= 15 is 0 Å². The molecular formula is C9H10ClF. The van der Waals surface area contributed by atoms with E-state index in [1.165, 1.54) is 0 Å². The molecule has 0 N–H and O–H groups in total. The van der Waals surface area contributed by atoms with Crippen LogP contribution < -0.4 is 0 Å². The summed E-state index contributed by atoms with van der Waals surface area (Å²) in [5.41, 5.74) is 2.77. The maximum absolute atomic E-state index is 12.2. The fourth-order valence-electron chi connectivity index (χ4n) is 0.943. The van der Waals surface area contributed by atoms with Gasteiger partial charge >= 0.3 is 0 Å². The minimum absolute atomic E-state index is 0.486. The third-order valence-electron chi connectivity index (χ3n) is 1.81. The summed E-state index contributed by atoms with van der Waals surface area (Å²) in [5, 5.41) is 0.524. The molecule has 0 atom stereocenters. The van der Waals surface area contributed by atoms with Crippen molar-refractivity contribution in [2.24, 2.45) is 0 Å². The van der Waals surface area contributed by atoms with E-state index in [0.717, 1.165) is 11.1 Å². The first-order valence-corrected chi connectivity index (χ1v) is 3.84. The molecule has 0 saturated carbocycles. The summed E-state index contributed by atoms with van der Waals surface area (Å²) < 4.78 is 12.2. The van der Waals surface area contributed by atoms with Gasteiger partial charge in [0.05, 0.1) is 0 Å². The second-order valence-electron chi connectivity index (χ2n) is 2.66. The lowest BCUT2D eigenvalue weighted by molar-refractivity contribution is 0.485. The van der Waals surface area contributed by atoms with Crippen molar-refractivity contribution in [1.82, 2.24) is 0 Å². The van der Waals surface area contributed by atoms with Crippen molar-refractivity contribution < 1.29 is 4.39 Å². The van der Waals surface area contributed by atoms with E-state index in [4.69, 9.17) is 11.6 Å². The molecule has 0 radical (unpaired) electrons. The van der Waals surface area contributed by atoms with Crippen molar-refractivity contribution in [2.45, 2.75) is 20.5 Å². The van der Waals surface area contributed by atoms with Crippen molar-refractivity contribution in [2.75, 3.05) is 0 Å². The molecule has 1 aromatic rings. The maximum atomic E-state index is 12.2. The molecule has 0 spiro atoms. The number of halogens is 2. The molecular weight excluding hydrogens is 163 g/mol. The third kappa shape index (κ3) is 1.72. The van der Waals surface area contributed by atoms with E-state index in [0.29, 0.717) is 10.6 Å². The Labute approximate surface area is 71.0 Å². The molecule has 0 aliphatic heterocycles. The third-order valence-corrected chi connectivity index (χ3v) is 2.16. The smallest absolute Gasteiger partial charge is 0.116 e. The number of benzene rings is 1. The molecule has 2 heteroatoms. The van der Waals surface area contributed by atoms with Gasteiger partial charge in [0.1, 0.15) is 6.67 Å². The zero-order valence-electron chi connectivity index (χ0n) is 6.62. The molecule has 0 unspecified atom stereocenters. The first kappa shape index (κ1) is 8.54. The van der Waals surface area contributed by atoms with Gasteiger partial charge in [0.2, 0.25) is 0 Å². The van der Waals surface area contributed by atoms with E-state index in [-0.39, 0.29) is 0 Å². The van der Waals surface area contributed by atoms with Crippen LogP contribution in [0.25, 0.3) is 0 Å². The number of rotatable bonds is 1. The van der Waals surface area contributed by atoms with Crippen LogP contribution in [-0.2, 0) is 6.67 Å². The SMILES string of the molecule is Cc1cc(Cl)c(CF)cc1C. The van der Waals surface area contributed by atoms with Crippen molar-refractivity contribution in [1.29, 1.82) is 0 Å². The van der Waals surface area contributed by atoms with E-state index in [9.17, 15) is 4.39 Å². The summed E-state index contributed by atoms with van der Waals surface area (Å²) in [6, 6.07) is 3.59. The molecule has 0 amide bonds. The number of hydrogen-bond acceptors (Lipinski definition) is 0. The van der Waals surface area contributed by atoms with Gasteiger partial charge in [0.15, 0.2) is 0 Å². The van der Waals surface area contributed by atoms with Crippen LogP contribution in [0.4, 0.5) is 4.39 Å². The molecule has 0 saturated heterocycles. The highest BCUT2D eigenvalue weighted by molar-refractivity contribution is 6.31. The lowest BCUT2D eigenvalue weighted by Gasteiger charge is -2.03. The topological polar surface area (TPSA) is 0 Å². The van der Waals surface area contributed by atoms with E-state index in [1.807, 2.05) is 13.8 Å². The van der Waals surface area contributed by atoms with Gasteiger partial charge in [-0.25, -0.2) is 4.39 Å². The van der Waals surface area contributed by atoms with Crippen LogP contribution in [0, 0.1) is 13.8 Å². The van der Waals surface area contributed by atoms with Crippen LogP contribution in [-0.4, -0.2) is 0 Å². The summed E-state index contributed by atoms with van der Waals surface area (Å²) in [6.45, 7) is 3.42. The fourth-order valence-corrected chi connectivity index (χ4v) is 1.21. The standard InChI is InChI=1S/C9H10ClF/c1-6-3-8(5-11)9(10)4-7(6)2/h3-4H,5H2,1-2H3. The highest BCUT2D eigenvalue weighted by atomic mass is 35.5. The van der Waals surface area contributed by atoms with E-state index in [2.05, 4.69) is 0 Å². The Kier molecular flexibility index (Phi) is 2.50. The molecule has 60 valence electrons. The molecule has 0 fully saturated rings. The molecule has 0 bridgehead atoms. The van der Waals surface area contributed by atoms with Gasteiger partial charge in [-0.3, -0.25) is 0 Å². The largest absolute Gasteiger partial charge is 0.246 e. The monoisotopic (exact) mass is 172 g/mol. The Morgan fingerprint density at radius 2 is 1.82 bits per heavy atom. The lowest BCUT2D eigenvalue weighted by Crippen LogP contribution is -1.86. The van der Waals surface area contributed by atoms with Gasteiger partial charge in [-0.05, 0) is 31.0 Å².